The molecule has 0 aromatic carbocycles. The van der Waals surface area contributed by atoms with Crippen molar-refractivity contribution in [2.24, 2.45) is 14.1 Å². The van der Waals surface area contributed by atoms with E-state index in [1.165, 1.54) is 6.42 Å². The molecular formula is C11H18N5+. The molecule has 0 radical (unpaired) electrons. The zero-order valence-electron chi connectivity index (χ0n) is 10.1. The van der Waals surface area contributed by atoms with Crippen molar-refractivity contribution in [3.05, 3.63) is 11.8 Å². The fraction of sp³-hybridized carbons (Fsp3) is 0.545. The molecule has 2 aromatic rings. The minimum Gasteiger partial charge on any atom is -0.380 e. The number of rotatable bonds is 3. The third-order valence-electron chi connectivity index (χ3n) is 2.87. The average molecular weight is 220 g/mol. The number of nitrogens with two attached hydrogens (primary N) is 1. The molecular weight excluding hydrogens is 202 g/mol. The summed E-state index contributed by atoms with van der Waals surface area (Å²) in [7, 11) is 3.86. The molecule has 16 heavy (non-hydrogen) atoms. The lowest BCUT2D eigenvalue weighted by Crippen LogP contribution is -2.38. The minimum absolute atomic E-state index is 0.528. The fourth-order valence-electron chi connectivity index (χ4n) is 1.80. The van der Waals surface area contributed by atoms with Gasteiger partial charge >= 0.3 is 0 Å². The Balaban J connectivity index is 2.52. The van der Waals surface area contributed by atoms with Crippen molar-refractivity contribution in [2.45, 2.75) is 26.2 Å². The Morgan fingerprint density at radius 1 is 1.50 bits per heavy atom. The van der Waals surface area contributed by atoms with Crippen molar-refractivity contribution >= 4 is 16.9 Å². The van der Waals surface area contributed by atoms with Gasteiger partial charge in [-0.15, -0.1) is 0 Å². The second kappa shape index (κ2) is 4.08. The maximum Gasteiger partial charge on any atom is 0.290 e. The molecule has 0 aliphatic heterocycles. The maximum atomic E-state index is 5.91. The Labute approximate surface area is 94.9 Å². The number of nitrogens with zero attached hydrogens (tertiary/aromatic N) is 4. The van der Waals surface area contributed by atoms with Gasteiger partial charge in [-0.2, -0.15) is 4.68 Å². The molecule has 0 saturated carbocycles. The van der Waals surface area contributed by atoms with Gasteiger partial charge in [0.2, 0.25) is 5.52 Å². The summed E-state index contributed by atoms with van der Waals surface area (Å²) in [6, 6.07) is 2.08. The quantitative estimate of drug-likeness (QED) is 0.775. The second-order valence-electron chi connectivity index (χ2n) is 4.08. The van der Waals surface area contributed by atoms with Crippen molar-refractivity contribution in [1.82, 2.24) is 14.9 Å². The molecule has 0 amide bonds. The largest absolute Gasteiger partial charge is 0.380 e. The van der Waals surface area contributed by atoms with E-state index in [1.54, 1.807) is 4.80 Å². The number of unbranched alkanes of at least 4 members (excludes halogenated alkanes) is 1. The Bertz CT molecular complexity index is 515. The monoisotopic (exact) mass is 220 g/mol. The van der Waals surface area contributed by atoms with Crippen LogP contribution < -0.4 is 10.4 Å². The van der Waals surface area contributed by atoms with Crippen LogP contribution in [0.1, 0.15) is 25.5 Å². The first-order chi connectivity index (χ1) is 7.63. The van der Waals surface area contributed by atoms with Crippen molar-refractivity contribution in [3.63, 3.8) is 0 Å². The Hall–Kier alpha value is -1.65. The highest BCUT2D eigenvalue weighted by Crippen LogP contribution is 2.15. The zero-order valence-corrected chi connectivity index (χ0v) is 10.1. The van der Waals surface area contributed by atoms with Gasteiger partial charge in [0.15, 0.2) is 5.82 Å². The molecule has 0 aliphatic rings. The van der Waals surface area contributed by atoms with E-state index in [4.69, 9.17) is 5.73 Å². The predicted octanol–water partition coefficient (Wildman–Crippen LogP) is 0.718. The van der Waals surface area contributed by atoms with Gasteiger partial charge in [0, 0.05) is 11.8 Å². The van der Waals surface area contributed by atoms with Crippen molar-refractivity contribution in [3.8, 4) is 0 Å². The molecule has 5 heteroatoms. The van der Waals surface area contributed by atoms with Crippen LogP contribution in [0.3, 0.4) is 0 Å². The van der Waals surface area contributed by atoms with Crippen molar-refractivity contribution in [1.29, 1.82) is 0 Å². The SMILES string of the molecule is CCCCc1cc2c(nn(C)[n+]2C)c(N)n1. The van der Waals surface area contributed by atoms with Crippen LogP contribution in [0.15, 0.2) is 6.07 Å². The summed E-state index contributed by atoms with van der Waals surface area (Å²) < 4.78 is 1.98. The molecule has 0 atom stereocenters. The van der Waals surface area contributed by atoms with E-state index >= 15 is 0 Å². The number of aryl methyl sites for hydroxylation is 3. The lowest BCUT2D eigenvalue weighted by molar-refractivity contribution is -0.733. The molecule has 0 aliphatic carbocycles. The normalized spacial score (nSPS) is 11.2. The van der Waals surface area contributed by atoms with Gasteiger partial charge in [-0.05, 0) is 17.6 Å². The number of hydrogen-bond acceptors (Lipinski definition) is 3. The highest BCUT2D eigenvalue weighted by atomic mass is 15.5. The van der Waals surface area contributed by atoms with Crippen LogP contribution in [0.25, 0.3) is 11.0 Å². The van der Waals surface area contributed by atoms with Gasteiger partial charge in [-0.1, -0.05) is 13.3 Å². The number of fused-ring (bicyclic) bond motifs is 1. The van der Waals surface area contributed by atoms with Crippen LogP contribution in [0.4, 0.5) is 5.82 Å². The van der Waals surface area contributed by atoms with Crippen LogP contribution in [0, 0.1) is 0 Å². The molecule has 0 bridgehead atoms. The molecule has 2 rings (SSSR count). The third kappa shape index (κ3) is 1.73. The zero-order chi connectivity index (χ0) is 11.7. The molecule has 86 valence electrons. The first-order valence-electron chi connectivity index (χ1n) is 5.62. The summed E-state index contributed by atoms with van der Waals surface area (Å²) in [5.41, 5.74) is 8.79. The van der Waals surface area contributed by atoms with Gasteiger partial charge in [0.25, 0.3) is 5.52 Å². The lowest BCUT2D eigenvalue weighted by Gasteiger charge is -1.99. The van der Waals surface area contributed by atoms with Crippen LogP contribution in [-0.2, 0) is 20.5 Å². The number of pyridine rings is 1. The summed E-state index contributed by atoms with van der Waals surface area (Å²) in [5, 5.41) is 4.33. The third-order valence-corrected chi connectivity index (χ3v) is 2.87. The van der Waals surface area contributed by atoms with Gasteiger partial charge in [-0.25, -0.2) is 4.98 Å². The van der Waals surface area contributed by atoms with E-state index in [2.05, 4.69) is 23.1 Å². The highest BCUT2D eigenvalue weighted by molar-refractivity contribution is 5.81. The van der Waals surface area contributed by atoms with Gasteiger partial charge in [-0.3, -0.25) is 0 Å². The molecule has 0 unspecified atom stereocenters. The van der Waals surface area contributed by atoms with Crippen LogP contribution in [-0.4, -0.2) is 14.9 Å². The smallest absolute Gasteiger partial charge is 0.290 e. The predicted molar refractivity (Wildman–Crippen MR) is 62.7 cm³/mol. The maximum absolute atomic E-state index is 5.91. The Morgan fingerprint density at radius 3 is 2.94 bits per heavy atom. The molecule has 0 spiro atoms. The van der Waals surface area contributed by atoms with E-state index in [0.717, 1.165) is 29.6 Å². The van der Waals surface area contributed by atoms with Gasteiger partial charge in [0.1, 0.15) is 7.05 Å². The fourth-order valence-corrected chi connectivity index (χ4v) is 1.80. The molecule has 0 saturated heterocycles. The first-order valence-corrected chi connectivity index (χ1v) is 5.62. The molecule has 2 heterocycles. The highest BCUT2D eigenvalue weighted by Gasteiger charge is 2.18. The summed E-state index contributed by atoms with van der Waals surface area (Å²) in [6.45, 7) is 2.17. The van der Waals surface area contributed by atoms with E-state index in [0.29, 0.717) is 5.82 Å². The van der Waals surface area contributed by atoms with Crippen LogP contribution in [0.2, 0.25) is 0 Å². The number of hydrogen-bond donors (Lipinski definition) is 1. The number of aromatic nitrogens is 4. The molecule has 5 nitrogen and oxygen atoms in total. The molecule has 2 N–H and O–H groups in total. The topological polar surface area (TPSA) is 60.6 Å². The van der Waals surface area contributed by atoms with E-state index < -0.39 is 0 Å². The van der Waals surface area contributed by atoms with Crippen LogP contribution >= 0.6 is 0 Å². The first kappa shape index (κ1) is 10.9. The molecule has 2 aromatic heterocycles. The lowest BCUT2D eigenvalue weighted by atomic mass is 10.2. The van der Waals surface area contributed by atoms with E-state index in [-0.39, 0.29) is 0 Å². The van der Waals surface area contributed by atoms with Crippen LogP contribution in [0.5, 0.6) is 0 Å². The summed E-state index contributed by atoms with van der Waals surface area (Å²) in [6.07, 6.45) is 3.28. The summed E-state index contributed by atoms with van der Waals surface area (Å²) in [5.74, 6) is 0.528. The van der Waals surface area contributed by atoms with Crippen molar-refractivity contribution in [2.75, 3.05) is 5.73 Å². The second-order valence-corrected chi connectivity index (χ2v) is 4.08. The van der Waals surface area contributed by atoms with Gasteiger partial charge < -0.3 is 5.73 Å². The van der Waals surface area contributed by atoms with E-state index in [9.17, 15) is 0 Å². The van der Waals surface area contributed by atoms with Gasteiger partial charge in [0.05, 0.1) is 12.1 Å². The summed E-state index contributed by atoms with van der Waals surface area (Å²) >= 11 is 0. The Morgan fingerprint density at radius 2 is 2.25 bits per heavy atom. The molecule has 0 fully saturated rings. The minimum atomic E-state index is 0.528. The Kier molecular flexibility index (Phi) is 2.77. The number of anilines is 1. The van der Waals surface area contributed by atoms with Crippen molar-refractivity contribution < 1.29 is 4.68 Å². The summed E-state index contributed by atoms with van der Waals surface area (Å²) in [4.78, 5) is 6.15. The van der Waals surface area contributed by atoms with E-state index in [1.807, 2.05) is 18.8 Å². The number of nitrogen functional groups attached to an aromatic ring is 1. The average Bonchev–Trinajstić information content (AvgIpc) is 2.54. The standard InChI is InChI=1S/C11H17N5/c1-4-5-6-8-7-9-10(11(12)13-8)14-16(3)15(9)2/h7,12H,4-6H2,1-3H3/p+1.